The molecule has 102 valence electrons. The van der Waals surface area contributed by atoms with E-state index in [0.29, 0.717) is 0 Å². The molecule has 2 heterocycles. The minimum absolute atomic E-state index is 0.0609. The summed E-state index contributed by atoms with van der Waals surface area (Å²) >= 11 is 0. The first-order valence-corrected chi connectivity index (χ1v) is 7.91. The second-order valence-corrected chi connectivity index (χ2v) is 7.03. The van der Waals surface area contributed by atoms with E-state index in [4.69, 9.17) is 4.42 Å². The molecule has 5 nitrogen and oxygen atoms in total. The topological polar surface area (TPSA) is 70.8 Å². The lowest BCUT2D eigenvalue weighted by atomic mass is 10.1. The van der Waals surface area contributed by atoms with Gasteiger partial charge in [-0.05, 0) is 32.1 Å². The van der Waals surface area contributed by atoms with Crippen LogP contribution in [-0.4, -0.2) is 55.7 Å². The maximum Gasteiger partial charge on any atom is 0.154 e. The number of aliphatic hydroxyl groups excluding tert-OH is 1. The summed E-state index contributed by atoms with van der Waals surface area (Å²) in [5.74, 6) is 0.883. The average molecular weight is 273 g/mol. The van der Waals surface area contributed by atoms with Crippen molar-refractivity contribution in [2.75, 3.05) is 25.1 Å². The molecular formula is C12H19NO4S. The molecule has 18 heavy (non-hydrogen) atoms. The lowest BCUT2D eigenvalue weighted by molar-refractivity contribution is 0.0989. The summed E-state index contributed by atoms with van der Waals surface area (Å²) in [6.07, 6.45) is 2.59. The molecule has 2 rings (SSSR count). The van der Waals surface area contributed by atoms with E-state index < -0.39 is 15.9 Å². The van der Waals surface area contributed by atoms with E-state index in [9.17, 15) is 13.5 Å². The molecule has 0 radical (unpaired) electrons. The third kappa shape index (κ3) is 3.34. The molecule has 1 aliphatic heterocycles. The number of aliphatic hydroxyl groups is 1. The largest absolute Gasteiger partial charge is 0.469 e. The van der Waals surface area contributed by atoms with Gasteiger partial charge in [0, 0.05) is 6.42 Å². The van der Waals surface area contributed by atoms with Crippen LogP contribution in [0.25, 0.3) is 0 Å². The van der Waals surface area contributed by atoms with Crippen LogP contribution < -0.4 is 0 Å². The Morgan fingerprint density at radius 3 is 2.83 bits per heavy atom. The lowest BCUT2D eigenvalue weighted by Crippen LogP contribution is -2.41. The highest BCUT2D eigenvalue weighted by Crippen LogP contribution is 2.17. The predicted octanol–water partition coefficient (Wildman–Crippen LogP) is 0.302. The van der Waals surface area contributed by atoms with Crippen LogP contribution in [0.4, 0.5) is 0 Å². The zero-order valence-corrected chi connectivity index (χ0v) is 11.3. The van der Waals surface area contributed by atoms with Crippen LogP contribution in [0.1, 0.15) is 12.2 Å². The fourth-order valence-electron chi connectivity index (χ4n) is 2.35. The normalized spacial score (nSPS) is 26.8. The van der Waals surface area contributed by atoms with Gasteiger partial charge in [-0.1, -0.05) is 0 Å². The summed E-state index contributed by atoms with van der Waals surface area (Å²) in [6, 6.07) is 3.51. The Morgan fingerprint density at radius 1 is 1.50 bits per heavy atom. The molecule has 0 spiro atoms. The maximum atomic E-state index is 11.4. The van der Waals surface area contributed by atoms with Gasteiger partial charge in [-0.3, -0.25) is 4.90 Å². The van der Waals surface area contributed by atoms with Gasteiger partial charge in [-0.15, -0.1) is 0 Å². The minimum Gasteiger partial charge on any atom is -0.469 e. The smallest absolute Gasteiger partial charge is 0.154 e. The van der Waals surface area contributed by atoms with E-state index in [1.807, 2.05) is 24.1 Å². The highest BCUT2D eigenvalue weighted by atomic mass is 32.2. The Bertz CT molecular complexity index is 468. The molecule has 1 N–H and O–H groups in total. The van der Waals surface area contributed by atoms with Crippen LogP contribution in [0, 0.1) is 0 Å². The fraction of sp³-hybridized carbons (Fsp3) is 0.667. The monoisotopic (exact) mass is 273 g/mol. The van der Waals surface area contributed by atoms with Crippen molar-refractivity contribution < 1.29 is 17.9 Å². The summed E-state index contributed by atoms with van der Waals surface area (Å²) in [7, 11) is -1.21. The first-order valence-electron chi connectivity index (χ1n) is 6.09. The lowest BCUT2D eigenvalue weighted by Gasteiger charge is -2.25. The average Bonchev–Trinajstić information content (AvgIpc) is 2.86. The number of hydrogen-bond acceptors (Lipinski definition) is 5. The van der Waals surface area contributed by atoms with Gasteiger partial charge in [-0.25, -0.2) is 8.42 Å². The van der Waals surface area contributed by atoms with Crippen molar-refractivity contribution in [3.63, 3.8) is 0 Å². The van der Waals surface area contributed by atoms with E-state index in [2.05, 4.69) is 0 Å². The van der Waals surface area contributed by atoms with Crippen LogP contribution in [-0.2, 0) is 16.3 Å². The molecule has 1 aromatic rings. The van der Waals surface area contributed by atoms with E-state index >= 15 is 0 Å². The molecule has 0 unspecified atom stereocenters. The van der Waals surface area contributed by atoms with Crippen molar-refractivity contribution in [2.45, 2.75) is 25.0 Å². The maximum absolute atomic E-state index is 11.4. The molecule has 1 aromatic heterocycles. The summed E-state index contributed by atoms with van der Waals surface area (Å²) < 4.78 is 28.1. The van der Waals surface area contributed by atoms with Crippen LogP contribution in [0.15, 0.2) is 22.8 Å². The van der Waals surface area contributed by atoms with E-state index in [-0.39, 0.29) is 17.5 Å². The molecule has 0 aromatic carbocycles. The number of rotatable bonds is 5. The standard InChI is InChI=1S/C12H19NO4S/c1-13(6-2-4-10-5-3-7-17-10)11-8-18(15,16)9-12(11)14/h3,5,7,11-12,14H,2,4,6,8-9H2,1H3/t11-,12-/m0/s1. The van der Waals surface area contributed by atoms with Crippen LogP contribution in [0.3, 0.4) is 0 Å². The third-order valence-electron chi connectivity index (χ3n) is 3.37. The number of furan rings is 1. The van der Waals surface area contributed by atoms with Gasteiger partial charge in [0.1, 0.15) is 5.76 Å². The van der Waals surface area contributed by atoms with Gasteiger partial charge in [0.15, 0.2) is 9.84 Å². The Hall–Kier alpha value is -0.850. The molecule has 0 aliphatic carbocycles. The van der Waals surface area contributed by atoms with Crippen molar-refractivity contribution >= 4 is 9.84 Å². The molecule has 0 bridgehead atoms. The SMILES string of the molecule is CN(CCCc1ccco1)[C@H]1CS(=O)(=O)C[C@@H]1O. The highest BCUT2D eigenvalue weighted by Gasteiger charge is 2.38. The zero-order valence-electron chi connectivity index (χ0n) is 10.4. The van der Waals surface area contributed by atoms with Crippen molar-refractivity contribution in [1.82, 2.24) is 4.90 Å². The Morgan fingerprint density at radius 2 is 2.28 bits per heavy atom. The van der Waals surface area contributed by atoms with Crippen molar-refractivity contribution in [1.29, 1.82) is 0 Å². The molecule has 0 amide bonds. The number of nitrogens with zero attached hydrogens (tertiary/aromatic N) is 1. The predicted molar refractivity (Wildman–Crippen MR) is 68.1 cm³/mol. The van der Waals surface area contributed by atoms with Gasteiger partial charge in [0.2, 0.25) is 0 Å². The second-order valence-electron chi connectivity index (χ2n) is 4.88. The van der Waals surface area contributed by atoms with Gasteiger partial charge < -0.3 is 9.52 Å². The van der Waals surface area contributed by atoms with Gasteiger partial charge in [0.25, 0.3) is 0 Å². The second kappa shape index (κ2) is 5.42. The quantitative estimate of drug-likeness (QED) is 0.835. The highest BCUT2D eigenvalue weighted by molar-refractivity contribution is 7.91. The van der Waals surface area contributed by atoms with Crippen LogP contribution in [0.5, 0.6) is 0 Å². The first kappa shape index (κ1) is 13.6. The van der Waals surface area contributed by atoms with E-state index in [0.717, 1.165) is 25.1 Å². The molecule has 0 saturated carbocycles. The molecule has 1 fully saturated rings. The Labute approximate surface area is 107 Å². The van der Waals surface area contributed by atoms with Gasteiger partial charge in [-0.2, -0.15) is 0 Å². The minimum atomic E-state index is -3.07. The number of hydrogen-bond donors (Lipinski definition) is 1. The Kier molecular flexibility index (Phi) is 4.09. The molecular weight excluding hydrogens is 254 g/mol. The van der Waals surface area contributed by atoms with Crippen LogP contribution >= 0.6 is 0 Å². The Balaban J connectivity index is 1.80. The molecule has 6 heteroatoms. The van der Waals surface area contributed by atoms with Gasteiger partial charge >= 0.3 is 0 Å². The number of sulfone groups is 1. The first-order chi connectivity index (χ1) is 8.48. The fourth-order valence-corrected chi connectivity index (χ4v) is 4.23. The van der Waals surface area contributed by atoms with Crippen molar-refractivity contribution in [3.05, 3.63) is 24.2 Å². The summed E-state index contributed by atoms with van der Waals surface area (Å²) in [6.45, 7) is 0.748. The van der Waals surface area contributed by atoms with Crippen molar-refractivity contribution in [3.8, 4) is 0 Å². The number of aryl methyl sites for hydroxylation is 1. The van der Waals surface area contributed by atoms with Crippen molar-refractivity contribution in [2.24, 2.45) is 0 Å². The molecule has 2 atom stereocenters. The van der Waals surface area contributed by atoms with E-state index in [1.165, 1.54) is 0 Å². The zero-order chi connectivity index (χ0) is 13.2. The van der Waals surface area contributed by atoms with E-state index in [1.54, 1.807) is 6.26 Å². The molecule has 1 saturated heterocycles. The summed E-state index contributed by atoms with van der Waals surface area (Å²) in [5, 5.41) is 9.74. The van der Waals surface area contributed by atoms with Crippen LogP contribution in [0.2, 0.25) is 0 Å². The van der Waals surface area contributed by atoms with Gasteiger partial charge in [0.05, 0.1) is 29.9 Å². The third-order valence-corrected chi connectivity index (χ3v) is 5.07. The molecule has 1 aliphatic rings. The summed E-state index contributed by atoms with van der Waals surface area (Å²) in [4.78, 5) is 1.93. The number of likely N-dealkylation sites (N-methyl/N-ethyl adjacent to an activating group) is 1. The summed E-state index contributed by atoms with van der Waals surface area (Å²) in [5.41, 5.74) is 0.